The van der Waals surface area contributed by atoms with Crippen molar-refractivity contribution < 1.29 is 0 Å². The third-order valence-electron chi connectivity index (χ3n) is 2.80. The van der Waals surface area contributed by atoms with Crippen LogP contribution < -0.4 is 5.32 Å². The Hall–Kier alpha value is -2.43. The highest BCUT2D eigenvalue weighted by Gasteiger charge is 2.10. The molecule has 0 saturated carbocycles. The van der Waals surface area contributed by atoms with Crippen LogP contribution in [0.2, 0.25) is 0 Å². The zero-order valence-electron chi connectivity index (χ0n) is 10.0. The fourth-order valence-electron chi connectivity index (χ4n) is 1.88. The first-order chi connectivity index (χ1) is 8.88. The predicted molar refractivity (Wildman–Crippen MR) is 70.8 cm³/mol. The number of aryl methyl sites for hydroxylation is 1. The Morgan fingerprint density at radius 3 is 2.72 bits per heavy atom. The van der Waals surface area contributed by atoms with E-state index >= 15 is 0 Å². The zero-order chi connectivity index (χ0) is 12.4. The summed E-state index contributed by atoms with van der Waals surface area (Å²) in [6.45, 7) is 2.07. The molecule has 0 atom stereocenters. The zero-order valence-corrected chi connectivity index (χ0v) is 10.0. The molecule has 3 rings (SSSR count). The summed E-state index contributed by atoms with van der Waals surface area (Å²) in [4.78, 5) is 8.51. The highest BCUT2D eigenvalue weighted by molar-refractivity contribution is 5.88. The summed E-state index contributed by atoms with van der Waals surface area (Å²) in [5.74, 6) is 0.724. The van der Waals surface area contributed by atoms with Crippen LogP contribution in [0, 0.1) is 0 Å². The van der Waals surface area contributed by atoms with E-state index in [9.17, 15) is 0 Å². The van der Waals surface area contributed by atoms with Crippen LogP contribution in [-0.4, -0.2) is 20.2 Å². The summed E-state index contributed by atoms with van der Waals surface area (Å²) >= 11 is 0. The van der Waals surface area contributed by atoms with Gasteiger partial charge in [-0.3, -0.25) is 5.10 Å². The van der Waals surface area contributed by atoms with Crippen molar-refractivity contribution in [1.82, 2.24) is 20.2 Å². The van der Waals surface area contributed by atoms with Gasteiger partial charge in [0.25, 0.3) is 0 Å². The van der Waals surface area contributed by atoms with Crippen molar-refractivity contribution in [1.29, 1.82) is 0 Å². The van der Waals surface area contributed by atoms with Crippen molar-refractivity contribution in [3.05, 3.63) is 42.4 Å². The van der Waals surface area contributed by atoms with Gasteiger partial charge in [-0.05, 0) is 18.6 Å². The van der Waals surface area contributed by atoms with Crippen molar-refractivity contribution in [3.8, 4) is 0 Å². The number of para-hydroxylation sites is 1. The monoisotopic (exact) mass is 239 g/mol. The van der Waals surface area contributed by atoms with E-state index in [-0.39, 0.29) is 0 Å². The van der Waals surface area contributed by atoms with Crippen LogP contribution >= 0.6 is 0 Å². The molecule has 0 fully saturated rings. The molecule has 0 saturated heterocycles. The quantitative estimate of drug-likeness (QED) is 0.737. The Bertz CT molecular complexity index is 659. The number of aromatic amines is 1. The highest BCUT2D eigenvalue weighted by atomic mass is 15.2. The summed E-state index contributed by atoms with van der Waals surface area (Å²) in [5.41, 5.74) is 3.67. The lowest BCUT2D eigenvalue weighted by molar-refractivity contribution is 0.985. The highest BCUT2D eigenvalue weighted by Crippen LogP contribution is 2.22. The van der Waals surface area contributed by atoms with Gasteiger partial charge in [0.2, 0.25) is 0 Å². The fourth-order valence-corrected chi connectivity index (χ4v) is 1.88. The molecule has 0 spiro atoms. The van der Waals surface area contributed by atoms with Gasteiger partial charge in [0.1, 0.15) is 11.8 Å². The van der Waals surface area contributed by atoms with Crippen LogP contribution in [-0.2, 0) is 6.42 Å². The lowest BCUT2D eigenvalue weighted by Crippen LogP contribution is -1.95. The van der Waals surface area contributed by atoms with Crippen molar-refractivity contribution >= 4 is 22.5 Å². The molecule has 0 bridgehead atoms. The summed E-state index contributed by atoms with van der Waals surface area (Å²) in [7, 11) is 0. The minimum absolute atomic E-state index is 0.724. The van der Waals surface area contributed by atoms with Crippen molar-refractivity contribution in [3.63, 3.8) is 0 Å². The van der Waals surface area contributed by atoms with Gasteiger partial charge >= 0.3 is 0 Å². The maximum atomic E-state index is 4.27. The molecule has 2 N–H and O–H groups in total. The van der Waals surface area contributed by atoms with E-state index < -0.39 is 0 Å². The van der Waals surface area contributed by atoms with E-state index in [1.54, 1.807) is 6.33 Å². The van der Waals surface area contributed by atoms with Crippen LogP contribution in [0.3, 0.4) is 0 Å². The van der Waals surface area contributed by atoms with Crippen LogP contribution in [0.25, 0.3) is 11.0 Å². The predicted octanol–water partition coefficient (Wildman–Crippen LogP) is 2.66. The minimum atomic E-state index is 0.724. The topological polar surface area (TPSA) is 66.5 Å². The molecular weight excluding hydrogens is 226 g/mol. The maximum Gasteiger partial charge on any atom is 0.162 e. The summed E-state index contributed by atoms with van der Waals surface area (Å²) in [5, 5.41) is 10.5. The smallest absolute Gasteiger partial charge is 0.162 e. The Balaban J connectivity index is 2.05. The molecule has 18 heavy (non-hydrogen) atoms. The molecule has 2 aromatic heterocycles. The number of benzene rings is 1. The van der Waals surface area contributed by atoms with E-state index in [1.807, 2.05) is 30.3 Å². The number of rotatable bonds is 3. The van der Waals surface area contributed by atoms with Crippen molar-refractivity contribution in [2.45, 2.75) is 13.3 Å². The van der Waals surface area contributed by atoms with Crippen molar-refractivity contribution in [2.75, 3.05) is 5.32 Å². The molecular formula is C13H13N5. The number of hydrogen-bond acceptors (Lipinski definition) is 4. The van der Waals surface area contributed by atoms with Crippen molar-refractivity contribution in [2.24, 2.45) is 0 Å². The fraction of sp³-hybridized carbons (Fsp3) is 0.154. The molecule has 2 heterocycles. The number of hydrogen-bond donors (Lipinski definition) is 2. The number of anilines is 2. The first-order valence-electron chi connectivity index (χ1n) is 5.88. The lowest BCUT2D eigenvalue weighted by atomic mass is 10.2. The molecule has 5 nitrogen and oxygen atoms in total. The van der Waals surface area contributed by atoms with Crippen LogP contribution in [0.15, 0.2) is 36.7 Å². The van der Waals surface area contributed by atoms with Gasteiger partial charge in [0.15, 0.2) is 11.3 Å². The standard InChI is InChI=1S/C13H13N5/c1-2-10-11-12(18-17-10)13(15-8-14-11)16-9-6-4-3-5-7-9/h3-8H,2H2,1H3,(H,17,18)(H,14,15,16). The molecule has 0 aliphatic rings. The second-order valence-corrected chi connectivity index (χ2v) is 3.97. The van der Waals surface area contributed by atoms with Crippen LogP contribution in [0.5, 0.6) is 0 Å². The molecule has 1 aromatic carbocycles. The van der Waals surface area contributed by atoms with Gasteiger partial charge in [0.05, 0.1) is 5.69 Å². The Kier molecular flexibility index (Phi) is 2.64. The third-order valence-corrected chi connectivity index (χ3v) is 2.80. The largest absolute Gasteiger partial charge is 0.338 e. The van der Waals surface area contributed by atoms with E-state index in [1.165, 1.54) is 0 Å². The van der Waals surface area contributed by atoms with E-state index in [0.717, 1.165) is 34.7 Å². The summed E-state index contributed by atoms with van der Waals surface area (Å²) < 4.78 is 0. The number of nitrogens with zero attached hydrogens (tertiary/aromatic N) is 3. The Labute approximate surface area is 104 Å². The average molecular weight is 239 g/mol. The Morgan fingerprint density at radius 1 is 1.11 bits per heavy atom. The van der Waals surface area contributed by atoms with Crippen LogP contribution in [0.4, 0.5) is 11.5 Å². The van der Waals surface area contributed by atoms with E-state index in [4.69, 9.17) is 0 Å². The normalized spacial score (nSPS) is 10.7. The minimum Gasteiger partial charge on any atom is -0.338 e. The number of aromatic nitrogens is 4. The average Bonchev–Trinajstić information content (AvgIpc) is 2.84. The van der Waals surface area contributed by atoms with Gasteiger partial charge in [-0.25, -0.2) is 9.97 Å². The first kappa shape index (κ1) is 10.7. The molecule has 0 aliphatic carbocycles. The van der Waals surface area contributed by atoms with Gasteiger partial charge in [-0.2, -0.15) is 5.10 Å². The van der Waals surface area contributed by atoms with Crippen LogP contribution in [0.1, 0.15) is 12.6 Å². The summed E-state index contributed by atoms with van der Waals surface area (Å²) in [6.07, 6.45) is 2.43. The lowest BCUT2D eigenvalue weighted by Gasteiger charge is -2.04. The molecule has 0 unspecified atom stereocenters. The molecule has 0 aliphatic heterocycles. The number of nitrogens with one attached hydrogen (secondary N) is 2. The third kappa shape index (κ3) is 1.79. The van der Waals surface area contributed by atoms with Gasteiger partial charge in [-0.1, -0.05) is 25.1 Å². The second kappa shape index (κ2) is 4.44. The molecule has 0 amide bonds. The van der Waals surface area contributed by atoms with E-state index in [2.05, 4.69) is 32.4 Å². The summed E-state index contributed by atoms with van der Waals surface area (Å²) in [6, 6.07) is 9.90. The number of fused-ring (bicyclic) bond motifs is 1. The van der Waals surface area contributed by atoms with Gasteiger partial charge in [-0.15, -0.1) is 0 Å². The molecule has 5 heteroatoms. The first-order valence-corrected chi connectivity index (χ1v) is 5.88. The Morgan fingerprint density at radius 2 is 1.94 bits per heavy atom. The number of H-pyrrole nitrogens is 1. The SMILES string of the molecule is CCc1[nH]nc2c(Nc3ccccc3)ncnc12. The molecule has 0 radical (unpaired) electrons. The molecule has 3 aromatic rings. The molecule has 90 valence electrons. The second-order valence-electron chi connectivity index (χ2n) is 3.97. The van der Waals surface area contributed by atoms with Gasteiger partial charge < -0.3 is 5.32 Å². The maximum absolute atomic E-state index is 4.27. The van der Waals surface area contributed by atoms with E-state index in [0.29, 0.717) is 0 Å². The van der Waals surface area contributed by atoms with Gasteiger partial charge in [0, 0.05) is 5.69 Å².